The molecule has 0 spiro atoms. The van der Waals surface area contributed by atoms with Gasteiger partial charge in [0.1, 0.15) is 5.54 Å². The Bertz CT molecular complexity index is 1240. The number of thiophene rings is 1. The van der Waals surface area contributed by atoms with Crippen LogP contribution in [0.15, 0.2) is 77.6 Å². The number of aromatic amines is 1. The zero-order valence-corrected chi connectivity index (χ0v) is 19.4. The van der Waals surface area contributed by atoms with Crippen LogP contribution in [0.25, 0.3) is 10.9 Å². The smallest absolute Gasteiger partial charge is 0.408 e. The molecule has 0 saturated heterocycles. The van der Waals surface area contributed by atoms with Crippen LogP contribution in [-0.2, 0) is 17.8 Å². The number of fused-ring (bicyclic) bond motifs is 1. The first-order valence-electron chi connectivity index (χ1n) is 10.8. The highest BCUT2D eigenvalue weighted by atomic mass is 32.1. The van der Waals surface area contributed by atoms with Crippen molar-refractivity contribution in [3.05, 3.63) is 94.3 Å². The highest BCUT2D eigenvalue weighted by Gasteiger charge is 2.43. The number of carboxylic acid groups (broad SMARTS) is 1. The predicted molar refractivity (Wildman–Crippen MR) is 131 cm³/mol. The minimum absolute atomic E-state index is 0.130. The molecule has 0 aliphatic carbocycles. The topological polar surface area (TPSA) is 85.4 Å². The lowest BCUT2D eigenvalue weighted by Gasteiger charge is -2.39. The van der Waals surface area contributed by atoms with Gasteiger partial charge in [0, 0.05) is 23.5 Å². The van der Waals surface area contributed by atoms with E-state index in [1.807, 2.05) is 84.5 Å². The highest BCUT2D eigenvalue weighted by molar-refractivity contribution is 7.07. The average Bonchev–Trinajstić information content (AvgIpc) is 3.48. The van der Waals surface area contributed by atoms with Gasteiger partial charge in [0.15, 0.2) is 0 Å². The van der Waals surface area contributed by atoms with E-state index in [2.05, 4.69) is 10.3 Å². The molecular formula is C26H27N3O3S. The molecule has 0 aliphatic heterocycles. The van der Waals surface area contributed by atoms with Crippen LogP contribution >= 0.6 is 11.3 Å². The van der Waals surface area contributed by atoms with Gasteiger partial charge in [-0.05, 0) is 53.4 Å². The summed E-state index contributed by atoms with van der Waals surface area (Å²) in [5, 5.41) is 18.0. The molecule has 0 fully saturated rings. The third kappa shape index (κ3) is 4.78. The van der Waals surface area contributed by atoms with E-state index < -0.39 is 11.6 Å². The highest BCUT2D eigenvalue weighted by Crippen LogP contribution is 2.29. The van der Waals surface area contributed by atoms with Crippen molar-refractivity contribution in [1.29, 1.82) is 0 Å². The second-order valence-corrected chi connectivity index (χ2v) is 9.20. The Balaban J connectivity index is 1.71. The summed E-state index contributed by atoms with van der Waals surface area (Å²) in [6.07, 6.45) is 0.966. The van der Waals surface area contributed by atoms with Crippen molar-refractivity contribution in [3.63, 3.8) is 0 Å². The maximum Gasteiger partial charge on any atom is 0.408 e. The number of aromatic nitrogens is 1. The number of rotatable bonds is 8. The molecule has 2 amide bonds. The molecule has 3 N–H and O–H groups in total. The van der Waals surface area contributed by atoms with Crippen molar-refractivity contribution in [2.24, 2.45) is 0 Å². The Morgan fingerprint density at radius 1 is 1.12 bits per heavy atom. The van der Waals surface area contributed by atoms with E-state index in [4.69, 9.17) is 0 Å². The van der Waals surface area contributed by atoms with Crippen molar-refractivity contribution in [1.82, 2.24) is 15.2 Å². The van der Waals surface area contributed by atoms with Crippen LogP contribution in [0.1, 0.15) is 36.6 Å². The van der Waals surface area contributed by atoms with Gasteiger partial charge in [0.25, 0.3) is 0 Å². The van der Waals surface area contributed by atoms with Gasteiger partial charge in [-0.15, -0.1) is 0 Å². The van der Waals surface area contributed by atoms with Crippen LogP contribution in [-0.4, -0.2) is 32.5 Å². The number of benzene rings is 2. The maximum atomic E-state index is 13.8. The molecule has 2 aromatic heterocycles. The van der Waals surface area contributed by atoms with E-state index >= 15 is 0 Å². The van der Waals surface area contributed by atoms with Gasteiger partial charge in [0.2, 0.25) is 5.91 Å². The fraction of sp³-hybridized carbons (Fsp3) is 0.231. The number of H-pyrrole nitrogens is 1. The third-order valence-electron chi connectivity index (χ3n) is 6.09. The van der Waals surface area contributed by atoms with Gasteiger partial charge in [-0.2, -0.15) is 11.3 Å². The fourth-order valence-electron chi connectivity index (χ4n) is 4.14. The van der Waals surface area contributed by atoms with E-state index in [0.29, 0.717) is 0 Å². The van der Waals surface area contributed by atoms with Crippen LogP contribution in [0.3, 0.4) is 0 Å². The van der Waals surface area contributed by atoms with E-state index in [0.717, 1.165) is 27.6 Å². The van der Waals surface area contributed by atoms with Gasteiger partial charge in [-0.1, -0.05) is 48.5 Å². The largest absolute Gasteiger partial charge is 0.465 e. The number of para-hydroxylation sites is 1. The maximum absolute atomic E-state index is 13.8. The van der Waals surface area contributed by atoms with Gasteiger partial charge in [0.05, 0.1) is 12.6 Å². The normalized spacial score (nSPS) is 13.9. The number of amides is 2. The van der Waals surface area contributed by atoms with Crippen LogP contribution in [0, 0.1) is 0 Å². The molecule has 6 nitrogen and oxygen atoms in total. The van der Waals surface area contributed by atoms with Crippen molar-refractivity contribution < 1.29 is 14.7 Å². The Morgan fingerprint density at radius 2 is 1.85 bits per heavy atom. The Kier molecular flexibility index (Phi) is 6.51. The van der Waals surface area contributed by atoms with Crippen LogP contribution in [0.2, 0.25) is 0 Å². The SMILES string of the molecule is C[C@H](NC(=O)[C@@](C)(Cc1c[nH]c2ccccc12)N(Cc1ccsc1)C(=O)O)c1ccccc1. The second-order valence-electron chi connectivity index (χ2n) is 8.42. The van der Waals surface area contributed by atoms with Crippen molar-refractivity contribution in [2.45, 2.75) is 38.4 Å². The summed E-state index contributed by atoms with van der Waals surface area (Å²) >= 11 is 1.50. The molecule has 0 bridgehead atoms. The quantitative estimate of drug-likeness (QED) is 0.320. The number of hydrogen-bond donors (Lipinski definition) is 3. The molecule has 4 aromatic rings. The first-order valence-corrected chi connectivity index (χ1v) is 11.8. The Hall–Kier alpha value is -3.58. The number of hydrogen-bond acceptors (Lipinski definition) is 3. The molecule has 2 atom stereocenters. The minimum Gasteiger partial charge on any atom is -0.465 e. The first kappa shape index (κ1) is 22.6. The zero-order chi connectivity index (χ0) is 23.4. The Morgan fingerprint density at radius 3 is 2.55 bits per heavy atom. The first-order chi connectivity index (χ1) is 15.9. The van der Waals surface area contributed by atoms with E-state index in [1.165, 1.54) is 16.2 Å². The zero-order valence-electron chi connectivity index (χ0n) is 18.6. The molecule has 2 heterocycles. The summed E-state index contributed by atoms with van der Waals surface area (Å²) in [7, 11) is 0. The van der Waals surface area contributed by atoms with Crippen LogP contribution in [0.4, 0.5) is 4.79 Å². The molecule has 0 radical (unpaired) electrons. The lowest BCUT2D eigenvalue weighted by Crippen LogP contribution is -2.59. The standard InChI is InChI=1S/C26H27N3O3S/c1-18(20-8-4-3-5-9-20)28-24(30)26(2,29(25(31)32)16-19-12-13-33-17-19)14-21-15-27-23-11-7-6-10-22(21)23/h3-13,15,17-18,27H,14,16H2,1-2H3,(H,28,30)(H,31,32)/t18-,26+/m0/s1. The van der Waals surface area contributed by atoms with E-state index in [1.54, 1.807) is 6.92 Å². The van der Waals surface area contributed by atoms with Crippen LogP contribution < -0.4 is 5.32 Å². The van der Waals surface area contributed by atoms with Crippen molar-refractivity contribution in [2.75, 3.05) is 0 Å². The monoisotopic (exact) mass is 461 g/mol. The molecule has 2 aromatic carbocycles. The number of carbonyl (C=O) groups is 2. The molecule has 170 valence electrons. The minimum atomic E-state index is -1.33. The average molecular weight is 462 g/mol. The summed E-state index contributed by atoms with van der Waals surface area (Å²) in [5.41, 5.74) is 2.33. The van der Waals surface area contributed by atoms with Gasteiger partial charge in [-0.25, -0.2) is 4.79 Å². The number of nitrogens with one attached hydrogen (secondary N) is 2. The van der Waals surface area contributed by atoms with Crippen molar-refractivity contribution in [3.8, 4) is 0 Å². The summed E-state index contributed by atoms with van der Waals surface area (Å²) in [5.74, 6) is -0.332. The molecule has 33 heavy (non-hydrogen) atoms. The fourth-order valence-corrected chi connectivity index (χ4v) is 4.80. The molecule has 0 unspecified atom stereocenters. The molecule has 4 rings (SSSR count). The van der Waals surface area contributed by atoms with Crippen molar-refractivity contribution >= 4 is 34.2 Å². The van der Waals surface area contributed by atoms with Crippen LogP contribution in [0.5, 0.6) is 0 Å². The number of carbonyl (C=O) groups excluding carboxylic acids is 1. The molecule has 7 heteroatoms. The van der Waals surface area contributed by atoms with E-state index in [-0.39, 0.29) is 24.9 Å². The summed E-state index contributed by atoms with van der Waals surface area (Å²) in [6, 6.07) is 19.1. The lowest BCUT2D eigenvalue weighted by atomic mass is 9.88. The lowest BCUT2D eigenvalue weighted by molar-refractivity contribution is -0.132. The molecular weight excluding hydrogens is 434 g/mol. The second kappa shape index (κ2) is 9.50. The summed E-state index contributed by atoms with van der Waals surface area (Å²) in [4.78, 5) is 30.7. The Labute approximate surface area is 196 Å². The van der Waals surface area contributed by atoms with Gasteiger partial charge >= 0.3 is 6.09 Å². The van der Waals surface area contributed by atoms with Gasteiger partial charge < -0.3 is 15.4 Å². The number of nitrogens with zero attached hydrogens (tertiary/aromatic N) is 1. The van der Waals surface area contributed by atoms with E-state index in [9.17, 15) is 14.7 Å². The predicted octanol–water partition coefficient (Wildman–Crippen LogP) is 5.59. The summed E-state index contributed by atoms with van der Waals surface area (Å²) in [6.45, 7) is 3.75. The molecule has 0 aliphatic rings. The van der Waals surface area contributed by atoms with Gasteiger partial charge in [-0.3, -0.25) is 9.69 Å². The third-order valence-corrected chi connectivity index (χ3v) is 6.83. The summed E-state index contributed by atoms with van der Waals surface area (Å²) < 4.78 is 0. The molecule has 0 saturated carbocycles.